The molecule has 4 nitrogen and oxygen atoms in total. The van der Waals surface area contributed by atoms with Gasteiger partial charge >= 0.3 is 6.18 Å². The van der Waals surface area contributed by atoms with Crippen molar-refractivity contribution >= 4 is 5.91 Å². The lowest BCUT2D eigenvalue weighted by atomic mass is 9.88. The third-order valence-corrected chi connectivity index (χ3v) is 4.78. The third-order valence-electron chi connectivity index (χ3n) is 4.78. The Morgan fingerprint density at radius 3 is 2.48 bits per heavy atom. The number of hydrogen-bond donors (Lipinski definition) is 2. The van der Waals surface area contributed by atoms with Crippen LogP contribution in [0.4, 0.5) is 17.6 Å². The molecule has 3 atom stereocenters. The van der Waals surface area contributed by atoms with Crippen LogP contribution in [0.2, 0.25) is 0 Å². The summed E-state index contributed by atoms with van der Waals surface area (Å²) < 4.78 is 51.0. The van der Waals surface area contributed by atoms with E-state index in [1.54, 1.807) is 19.1 Å². The van der Waals surface area contributed by atoms with Crippen molar-refractivity contribution in [3.8, 4) is 0 Å². The lowest BCUT2D eigenvalue weighted by molar-refractivity contribution is -0.141. The Kier molecular flexibility index (Phi) is 5.46. The number of alkyl halides is 3. The number of amides is 1. The fourth-order valence-corrected chi connectivity index (χ4v) is 3.25. The van der Waals surface area contributed by atoms with Crippen molar-refractivity contribution in [1.82, 2.24) is 15.6 Å². The molecule has 144 valence electrons. The van der Waals surface area contributed by atoms with E-state index in [2.05, 4.69) is 15.6 Å². The van der Waals surface area contributed by atoms with E-state index >= 15 is 0 Å². The largest absolute Gasteiger partial charge is 0.433 e. The Balaban J connectivity index is 1.70. The lowest BCUT2D eigenvalue weighted by Crippen LogP contribution is -2.36. The summed E-state index contributed by atoms with van der Waals surface area (Å²) in [5.74, 6) is -1.25. The van der Waals surface area contributed by atoms with Crippen molar-refractivity contribution < 1.29 is 22.4 Å². The molecule has 3 rings (SSSR count). The number of pyridine rings is 1. The van der Waals surface area contributed by atoms with Gasteiger partial charge in [-0.15, -0.1) is 0 Å². The van der Waals surface area contributed by atoms with Crippen LogP contribution in [-0.2, 0) is 11.0 Å². The Morgan fingerprint density at radius 2 is 1.89 bits per heavy atom. The molecule has 0 saturated carbocycles. The number of benzene rings is 1. The van der Waals surface area contributed by atoms with Gasteiger partial charge in [0.15, 0.2) is 0 Å². The number of nitrogens with zero attached hydrogens (tertiary/aromatic N) is 1. The number of aromatic nitrogens is 1. The third kappa shape index (κ3) is 4.44. The monoisotopic (exact) mass is 381 g/mol. The molecule has 1 amide bonds. The molecule has 1 aromatic heterocycles. The Labute approximate surface area is 154 Å². The van der Waals surface area contributed by atoms with Crippen LogP contribution >= 0.6 is 0 Å². The van der Waals surface area contributed by atoms with Crippen LogP contribution < -0.4 is 10.6 Å². The minimum atomic E-state index is -4.49. The van der Waals surface area contributed by atoms with Crippen LogP contribution in [-0.4, -0.2) is 24.0 Å². The molecular weight excluding hydrogens is 362 g/mol. The second kappa shape index (κ2) is 7.64. The van der Waals surface area contributed by atoms with Gasteiger partial charge in [-0.05, 0) is 36.2 Å². The summed E-state index contributed by atoms with van der Waals surface area (Å²) in [6.07, 6.45) is -3.31. The van der Waals surface area contributed by atoms with E-state index in [1.807, 2.05) is 0 Å². The Hall–Kier alpha value is -2.48. The van der Waals surface area contributed by atoms with Crippen molar-refractivity contribution in [2.24, 2.45) is 5.92 Å². The van der Waals surface area contributed by atoms with Gasteiger partial charge in [0, 0.05) is 25.2 Å². The highest BCUT2D eigenvalue weighted by Crippen LogP contribution is 2.32. The van der Waals surface area contributed by atoms with Gasteiger partial charge in [0.1, 0.15) is 11.5 Å². The number of carbonyl (C=O) groups excluding carboxylic acids is 1. The molecule has 3 unspecified atom stereocenters. The number of carbonyl (C=O) groups is 1. The molecule has 0 radical (unpaired) electrons. The average molecular weight is 381 g/mol. The number of nitrogens with one attached hydrogen (secondary N) is 2. The summed E-state index contributed by atoms with van der Waals surface area (Å²) in [4.78, 5) is 16.2. The minimum absolute atomic E-state index is 0.207. The molecule has 1 aliphatic heterocycles. The zero-order valence-corrected chi connectivity index (χ0v) is 14.6. The van der Waals surface area contributed by atoms with Crippen molar-refractivity contribution in [2.75, 3.05) is 13.1 Å². The zero-order valence-electron chi connectivity index (χ0n) is 14.6. The molecule has 0 aliphatic carbocycles. The summed E-state index contributed by atoms with van der Waals surface area (Å²) in [6, 6.07) is 7.85. The van der Waals surface area contributed by atoms with E-state index in [0.29, 0.717) is 18.7 Å². The van der Waals surface area contributed by atoms with E-state index in [0.717, 1.165) is 11.6 Å². The molecule has 0 bridgehead atoms. The average Bonchev–Trinajstić information content (AvgIpc) is 3.11. The lowest BCUT2D eigenvalue weighted by Gasteiger charge is -2.22. The van der Waals surface area contributed by atoms with Gasteiger partial charge in [-0.25, -0.2) is 4.39 Å². The summed E-state index contributed by atoms with van der Waals surface area (Å²) in [5.41, 5.74) is 0.397. The maximum Gasteiger partial charge on any atom is 0.433 e. The van der Waals surface area contributed by atoms with E-state index in [-0.39, 0.29) is 23.7 Å². The van der Waals surface area contributed by atoms with E-state index in [4.69, 9.17) is 0 Å². The second-order valence-electron chi connectivity index (χ2n) is 6.63. The van der Waals surface area contributed by atoms with Crippen molar-refractivity contribution in [3.05, 3.63) is 65.2 Å². The fraction of sp³-hybridized carbons (Fsp3) is 0.368. The van der Waals surface area contributed by atoms with Crippen LogP contribution in [0.3, 0.4) is 0 Å². The molecule has 2 aromatic rings. The first-order chi connectivity index (χ1) is 12.8. The summed E-state index contributed by atoms with van der Waals surface area (Å²) in [5, 5.41) is 6.00. The fourth-order valence-electron chi connectivity index (χ4n) is 3.25. The van der Waals surface area contributed by atoms with Crippen LogP contribution in [0, 0.1) is 11.7 Å². The second-order valence-corrected chi connectivity index (χ2v) is 6.63. The maximum atomic E-state index is 13.0. The number of halogens is 4. The molecule has 1 saturated heterocycles. The minimum Gasteiger partial charge on any atom is -0.349 e. The standard InChI is InChI=1S/C19H19F4N3O/c1-11(12-2-5-14(20)6-3-12)26-18(27)16-10-24-9-15(16)13-4-7-17(25-8-13)19(21,22)23/h2-8,11,15-16,24H,9-10H2,1H3,(H,26,27). The summed E-state index contributed by atoms with van der Waals surface area (Å²) in [7, 11) is 0. The number of rotatable bonds is 4. The first-order valence-electron chi connectivity index (χ1n) is 8.55. The van der Waals surface area contributed by atoms with Gasteiger partial charge in [0.05, 0.1) is 12.0 Å². The van der Waals surface area contributed by atoms with Gasteiger partial charge in [-0.1, -0.05) is 18.2 Å². The Bertz CT molecular complexity index is 790. The quantitative estimate of drug-likeness (QED) is 0.798. The highest BCUT2D eigenvalue weighted by Gasteiger charge is 2.36. The highest BCUT2D eigenvalue weighted by atomic mass is 19.4. The first kappa shape index (κ1) is 19.3. The van der Waals surface area contributed by atoms with Gasteiger partial charge in [0.25, 0.3) is 0 Å². The molecule has 8 heteroatoms. The molecule has 27 heavy (non-hydrogen) atoms. The predicted octanol–water partition coefficient (Wildman–Crippen LogP) is 3.42. The summed E-state index contributed by atoms with van der Waals surface area (Å²) >= 11 is 0. The molecule has 2 N–H and O–H groups in total. The van der Waals surface area contributed by atoms with E-state index in [9.17, 15) is 22.4 Å². The smallest absolute Gasteiger partial charge is 0.349 e. The van der Waals surface area contributed by atoms with Gasteiger partial charge in [0.2, 0.25) is 5.91 Å². The molecule has 1 fully saturated rings. The Morgan fingerprint density at radius 1 is 1.19 bits per heavy atom. The number of hydrogen-bond acceptors (Lipinski definition) is 3. The van der Waals surface area contributed by atoms with Crippen molar-refractivity contribution in [1.29, 1.82) is 0 Å². The summed E-state index contributed by atoms with van der Waals surface area (Å²) in [6.45, 7) is 2.70. The predicted molar refractivity (Wildman–Crippen MR) is 91.3 cm³/mol. The van der Waals surface area contributed by atoms with Gasteiger partial charge < -0.3 is 10.6 Å². The van der Waals surface area contributed by atoms with Crippen molar-refractivity contribution in [3.63, 3.8) is 0 Å². The molecule has 2 heterocycles. The normalized spacial score (nSPS) is 21.1. The van der Waals surface area contributed by atoms with Crippen LogP contribution in [0.15, 0.2) is 42.6 Å². The molecular formula is C19H19F4N3O. The SMILES string of the molecule is CC(NC(=O)C1CNCC1c1ccc(C(F)(F)F)nc1)c1ccc(F)cc1. The topological polar surface area (TPSA) is 54.0 Å². The van der Waals surface area contributed by atoms with E-state index < -0.39 is 17.8 Å². The highest BCUT2D eigenvalue weighted by molar-refractivity contribution is 5.81. The molecule has 1 aliphatic rings. The van der Waals surface area contributed by atoms with Crippen molar-refractivity contribution in [2.45, 2.75) is 25.1 Å². The molecule has 1 aromatic carbocycles. The van der Waals surface area contributed by atoms with Crippen LogP contribution in [0.25, 0.3) is 0 Å². The van der Waals surface area contributed by atoms with Crippen LogP contribution in [0.1, 0.15) is 35.7 Å². The molecule has 0 spiro atoms. The zero-order chi connectivity index (χ0) is 19.6. The van der Waals surface area contributed by atoms with Gasteiger partial charge in [-0.2, -0.15) is 13.2 Å². The van der Waals surface area contributed by atoms with Crippen LogP contribution in [0.5, 0.6) is 0 Å². The first-order valence-corrected chi connectivity index (χ1v) is 8.55. The maximum absolute atomic E-state index is 13.0. The van der Waals surface area contributed by atoms with E-state index in [1.165, 1.54) is 24.4 Å². The van der Waals surface area contributed by atoms with Gasteiger partial charge in [-0.3, -0.25) is 9.78 Å².